The fraction of sp³-hybridized carbons (Fsp3) is 0.522. The zero-order valence-corrected chi connectivity index (χ0v) is 19.6. The van der Waals surface area contributed by atoms with E-state index in [0.29, 0.717) is 10.8 Å². The molecule has 0 aliphatic carbocycles. The lowest BCUT2D eigenvalue weighted by molar-refractivity contribution is -0.149. The van der Waals surface area contributed by atoms with Crippen molar-refractivity contribution in [1.29, 1.82) is 0 Å². The highest BCUT2D eigenvalue weighted by Gasteiger charge is 2.38. The lowest BCUT2D eigenvalue weighted by Crippen LogP contribution is -2.45. The number of esters is 1. The summed E-state index contributed by atoms with van der Waals surface area (Å²) in [5, 5.41) is -0.447. The number of fused-ring (bicyclic) bond motifs is 1. The van der Waals surface area contributed by atoms with Crippen molar-refractivity contribution in [3.63, 3.8) is 0 Å². The van der Waals surface area contributed by atoms with E-state index in [-0.39, 0.29) is 18.2 Å². The molecular weight excluding hydrogens is 400 g/mol. The Bertz CT molecular complexity index is 935. The summed E-state index contributed by atoms with van der Waals surface area (Å²) in [4.78, 5) is 40.5. The van der Waals surface area contributed by atoms with Crippen LogP contribution in [0.2, 0.25) is 0 Å². The molecule has 1 aromatic rings. The number of amides is 2. The molecule has 2 heterocycles. The lowest BCUT2D eigenvalue weighted by Gasteiger charge is -2.45. The van der Waals surface area contributed by atoms with Crippen molar-refractivity contribution in [2.24, 2.45) is 0 Å². The minimum atomic E-state index is -0.585. The van der Waals surface area contributed by atoms with Gasteiger partial charge in [-0.15, -0.1) is 0 Å². The highest BCUT2D eigenvalue weighted by molar-refractivity contribution is 8.18. The van der Waals surface area contributed by atoms with Gasteiger partial charge in [-0.25, -0.2) is 0 Å². The van der Waals surface area contributed by atoms with Crippen LogP contribution < -0.4 is 4.90 Å². The van der Waals surface area contributed by atoms with Crippen LogP contribution in [-0.2, 0) is 14.3 Å². The molecule has 2 amide bonds. The molecule has 2 aliphatic rings. The number of carbonyl (C=O) groups is 3. The van der Waals surface area contributed by atoms with Gasteiger partial charge in [-0.05, 0) is 93.6 Å². The average molecular weight is 431 g/mol. The summed E-state index contributed by atoms with van der Waals surface area (Å²) in [7, 11) is 2.12. The Morgan fingerprint density at radius 1 is 1.33 bits per heavy atom. The van der Waals surface area contributed by atoms with Crippen molar-refractivity contribution < 1.29 is 19.1 Å². The molecule has 1 atom stereocenters. The van der Waals surface area contributed by atoms with Gasteiger partial charge in [0, 0.05) is 18.3 Å². The van der Waals surface area contributed by atoms with Crippen molar-refractivity contribution >= 4 is 40.6 Å². The third-order valence-corrected chi connectivity index (χ3v) is 6.74. The molecular formula is C23H30N2O4S. The second-order valence-corrected chi connectivity index (χ2v) is 10.0. The second-order valence-electron chi connectivity index (χ2n) is 9.05. The van der Waals surface area contributed by atoms with Gasteiger partial charge < -0.3 is 9.64 Å². The number of thioether (sulfide) groups is 1. The van der Waals surface area contributed by atoms with Crippen LogP contribution in [0.5, 0.6) is 0 Å². The van der Waals surface area contributed by atoms with Gasteiger partial charge in [-0.2, -0.15) is 0 Å². The number of nitrogens with zero attached hydrogens (tertiary/aromatic N) is 2. The van der Waals surface area contributed by atoms with Crippen LogP contribution in [0.15, 0.2) is 17.0 Å². The van der Waals surface area contributed by atoms with Crippen LogP contribution in [-0.4, -0.2) is 47.3 Å². The minimum absolute atomic E-state index is 0.0770. The van der Waals surface area contributed by atoms with Crippen molar-refractivity contribution in [3.8, 4) is 0 Å². The number of hydrogen-bond donors (Lipinski definition) is 0. The van der Waals surface area contributed by atoms with Crippen LogP contribution in [0.3, 0.4) is 0 Å². The van der Waals surface area contributed by atoms with Crippen LogP contribution in [0.1, 0.15) is 63.6 Å². The standard InChI is InChI=1S/C23H30N2O4S/c1-13(2)29-20(26)12-25-21(27)19(30-22(25)28)10-16-9-17-15(4)11-23(5,6)24(7)18(17)8-14(16)3/h8-10,13,15H,11-12H2,1-7H3/b19-10+/t15-/m1/s1. The maximum atomic E-state index is 12.7. The fourth-order valence-electron chi connectivity index (χ4n) is 4.10. The molecule has 1 aromatic carbocycles. The highest BCUT2D eigenvalue weighted by atomic mass is 32.2. The molecule has 0 N–H and O–H groups in total. The van der Waals surface area contributed by atoms with E-state index in [2.05, 4.69) is 44.9 Å². The second kappa shape index (κ2) is 8.10. The molecule has 7 heteroatoms. The molecule has 1 saturated heterocycles. The molecule has 6 nitrogen and oxygen atoms in total. The predicted octanol–water partition coefficient (Wildman–Crippen LogP) is 4.70. The summed E-state index contributed by atoms with van der Waals surface area (Å²) in [6.45, 7) is 11.8. The number of imide groups is 1. The number of anilines is 1. The molecule has 0 bridgehead atoms. The summed E-state index contributed by atoms with van der Waals surface area (Å²) < 4.78 is 5.06. The van der Waals surface area contributed by atoms with Crippen molar-refractivity contribution in [2.45, 2.75) is 65.5 Å². The number of aryl methyl sites for hydroxylation is 1. The molecule has 0 aromatic heterocycles. The van der Waals surface area contributed by atoms with Crippen molar-refractivity contribution in [2.75, 3.05) is 18.5 Å². The van der Waals surface area contributed by atoms with Crippen molar-refractivity contribution in [3.05, 3.63) is 33.7 Å². The normalized spacial score (nSPS) is 22.1. The maximum Gasteiger partial charge on any atom is 0.326 e. The first-order valence-electron chi connectivity index (χ1n) is 10.2. The Morgan fingerprint density at radius 2 is 2.00 bits per heavy atom. The molecule has 0 saturated carbocycles. The number of rotatable bonds is 4. The molecule has 0 unspecified atom stereocenters. The van der Waals surface area contributed by atoms with E-state index in [0.717, 1.165) is 34.2 Å². The Labute approximate surface area is 182 Å². The molecule has 1 fully saturated rings. The first-order valence-corrected chi connectivity index (χ1v) is 11.1. The highest BCUT2D eigenvalue weighted by Crippen LogP contribution is 2.44. The Morgan fingerprint density at radius 3 is 2.63 bits per heavy atom. The summed E-state index contributed by atoms with van der Waals surface area (Å²) in [6.07, 6.45) is 2.50. The quantitative estimate of drug-likeness (QED) is 0.509. The Kier molecular flexibility index (Phi) is 6.05. The maximum absolute atomic E-state index is 12.7. The molecule has 162 valence electrons. The van der Waals surface area contributed by atoms with Gasteiger partial charge in [0.2, 0.25) is 0 Å². The first-order chi connectivity index (χ1) is 13.9. The molecule has 0 radical (unpaired) electrons. The minimum Gasteiger partial charge on any atom is -0.462 e. The summed E-state index contributed by atoms with van der Waals surface area (Å²) in [6, 6.07) is 4.28. The predicted molar refractivity (Wildman–Crippen MR) is 121 cm³/mol. The van der Waals surface area contributed by atoms with E-state index in [9.17, 15) is 14.4 Å². The van der Waals surface area contributed by atoms with Gasteiger partial charge >= 0.3 is 5.97 Å². The number of hydrogen-bond acceptors (Lipinski definition) is 6. The Hall–Kier alpha value is -2.28. The molecule has 2 aliphatic heterocycles. The van der Waals surface area contributed by atoms with Gasteiger partial charge in [-0.3, -0.25) is 19.3 Å². The summed E-state index contributed by atoms with van der Waals surface area (Å²) >= 11 is 0.865. The van der Waals surface area contributed by atoms with Crippen LogP contribution in [0.25, 0.3) is 6.08 Å². The van der Waals surface area contributed by atoms with E-state index in [4.69, 9.17) is 4.74 Å². The largest absolute Gasteiger partial charge is 0.462 e. The molecule has 3 rings (SSSR count). The summed E-state index contributed by atoms with van der Waals surface area (Å²) in [5.41, 5.74) is 4.49. The smallest absolute Gasteiger partial charge is 0.326 e. The van der Waals surface area contributed by atoms with Gasteiger partial charge in [0.25, 0.3) is 11.1 Å². The van der Waals surface area contributed by atoms with Gasteiger partial charge in [0.15, 0.2) is 0 Å². The van der Waals surface area contributed by atoms with E-state index >= 15 is 0 Å². The summed E-state index contributed by atoms with van der Waals surface area (Å²) in [5.74, 6) is -0.646. The van der Waals surface area contributed by atoms with Gasteiger partial charge in [-0.1, -0.05) is 6.92 Å². The van der Waals surface area contributed by atoms with Gasteiger partial charge in [0.05, 0.1) is 11.0 Å². The average Bonchev–Trinajstić information content (AvgIpc) is 2.87. The van der Waals surface area contributed by atoms with Crippen molar-refractivity contribution in [1.82, 2.24) is 4.90 Å². The molecule has 30 heavy (non-hydrogen) atoms. The van der Waals surface area contributed by atoms with E-state index in [1.54, 1.807) is 19.9 Å². The number of benzene rings is 1. The van der Waals surface area contributed by atoms with Crippen LogP contribution >= 0.6 is 11.8 Å². The molecule has 0 spiro atoms. The zero-order valence-electron chi connectivity index (χ0n) is 18.7. The lowest BCUT2D eigenvalue weighted by atomic mass is 9.79. The topological polar surface area (TPSA) is 66.9 Å². The number of ether oxygens (including phenoxy) is 1. The van der Waals surface area contributed by atoms with E-state index in [1.807, 2.05) is 6.92 Å². The third kappa shape index (κ3) is 4.26. The monoisotopic (exact) mass is 430 g/mol. The SMILES string of the molecule is Cc1cc2c(cc1/C=C1/SC(=O)N(CC(=O)OC(C)C)C1=O)[C@H](C)CC(C)(C)N2C. The van der Waals surface area contributed by atoms with E-state index < -0.39 is 17.1 Å². The van der Waals surface area contributed by atoms with Gasteiger partial charge in [0.1, 0.15) is 6.54 Å². The Balaban J connectivity index is 1.89. The third-order valence-electron chi connectivity index (χ3n) is 5.84. The first kappa shape index (κ1) is 22.4. The van der Waals surface area contributed by atoms with Crippen LogP contribution in [0, 0.1) is 6.92 Å². The number of carbonyl (C=O) groups excluding carboxylic acids is 3. The van der Waals surface area contributed by atoms with E-state index in [1.165, 1.54) is 11.3 Å². The fourth-order valence-corrected chi connectivity index (χ4v) is 4.93. The van der Waals surface area contributed by atoms with Crippen LogP contribution in [0.4, 0.5) is 10.5 Å². The zero-order chi connectivity index (χ0) is 22.4.